The van der Waals surface area contributed by atoms with E-state index in [4.69, 9.17) is 0 Å². The zero-order chi connectivity index (χ0) is 13.8. The van der Waals surface area contributed by atoms with Crippen LogP contribution >= 0.6 is 11.3 Å². The lowest BCUT2D eigenvalue weighted by Gasteiger charge is -2.17. The first kappa shape index (κ1) is 14.0. The molecule has 2 N–H and O–H groups in total. The molecule has 1 aliphatic rings. The molecule has 1 aliphatic carbocycles. The fourth-order valence-corrected chi connectivity index (χ4v) is 3.76. The van der Waals surface area contributed by atoms with Crippen LogP contribution in [-0.2, 0) is 17.6 Å². The zero-order valence-electron chi connectivity index (χ0n) is 11.4. The van der Waals surface area contributed by atoms with Crippen LogP contribution in [-0.4, -0.2) is 19.5 Å². The van der Waals surface area contributed by atoms with Crippen LogP contribution in [0.25, 0.3) is 0 Å². The summed E-state index contributed by atoms with van der Waals surface area (Å²) in [6, 6.07) is 2.26. The van der Waals surface area contributed by atoms with E-state index in [0.717, 1.165) is 29.8 Å². The van der Waals surface area contributed by atoms with Crippen molar-refractivity contribution in [2.75, 3.05) is 18.9 Å². The maximum atomic E-state index is 11.8. The highest BCUT2D eigenvalue weighted by Crippen LogP contribution is 2.39. The average Bonchev–Trinajstić information content (AvgIpc) is 2.72. The van der Waals surface area contributed by atoms with Crippen molar-refractivity contribution in [2.24, 2.45) is 5.92 Å². The number of rotatable bonds is 4. The minimum absolute atomic E-state index is 0.0301. The summed E-state index contributed by atoms with van der Waals surface area (Å²) < 4.78 is 0. The first-order valence-electron chi connectivity index (χ1n) is 6.64. The molecule has 1 aromatic rings. The third kappa shape index (κ3) is 3.14. The molecule has 0 spiro atoms. The van der Waals surface area contributed by atoms with Crippen molar-refractivity contribution >= 4 is 22.2 Å². The van der Waals surface area contributed by atoms with Crippen LogP contribution in [0.1, 0.15) is 35.8 Å². The van der Waals surface area contributed by atoms with Gasteiger partial charge in [-0.25, -0.2) is 0 Å². The average molecular weight is 277 g/mol. The van der Waals surface area contributed by atoms with E-state index in [-0.39, 0.29) is 5.91 Å². The Kier molecular flexibility index (Phi) is 4.56. The minimum Gasteiger partial charge on any atom is -0.319 e. The number of nitriles is 1. The van der Waals surface area contributed by atoms with Crippen molar-refractivity contribution in [3.8, 4) is 6.07 Å². The lowest BCUT2D eigenvalue weighted by atomic mass is 9.89. The Morgan fingerprint density at radius 2 is 2.37 bits per heavy atom. The first-order valence-corrected chi connectivity index (χ1v) is 7.46. The summed E-state index contributed by atoms with van der Waals surface area (Å²) in [5.74, 6) is 0.642. The van der Waals surface area contributed by atoms with Crippen LogP contribution in [0.3, 0.4) is 0 Å². The number of thiophene rings is 1. The second kappa shape index (κ2) is 6.18. The number of carbonyl (C=O) groups is 1. The smallest absolute Gasteiger partial charge is 0.226 e. The van der Waals surface area contributed by atoms with Gasteiger partial charge in [0.1, 0.15) is 11.1 Å². The van der Waals surface area contributed by atoms with Crippen LogP contribution in [0.4, 0.5) is 5.00 Å². The Balaban J connectivity index is 2.17. The van der Waals surface area contributed by atoms with Crippen molar-refractivity contribution in [1.29, 1.82) is 5.26 Å². The highest BCUT2D eigenvalue weighted by molar-refractivity contribution is 7.16. The van der Waals surface area contributed by atoms with Crippen molar-refractivity contribution < 1.29 is 4.79 Å². The second-order valence-corrected chi connectivity index (χ2v) is 6.17. The quantitative estimate of drug-likeness (QED) is 0.887. The van der Waals surface area contributed by atoms with E-state index in [9.17, 15) is 10.1 Å². The summed E-state index contributed by atoms with van der Waals surface area (Å²) in [7, 11) is 1.82. The van der Waals surface area contributed by atoms with Crippen molar-refractivity contribution in [3.63, 3.8) is 0 Å². The number of hydrogen-bond donors (Lipinski definition) is 2. The lowest BCUT2D eigenvalue weighted by Crippen LogP contribution is -2.18. The highest BCUT2D eigenvalue weighted by atomic mass is 32.1. The molecule has 1 atom stereocenters. The minimum atomic E-state index is -0.0301. The molecule has 0 fully saturated rings. The van der Waals surface area contributed by atoms with Gasteiger partial charge in [0.05, 0.1) is 5.56 Å². The summed E-state index contributed by atoms with van der Waals surface area (Å²) in [6.45, 7) is 2.88. The van der Waals surface area contributed by atoms with E-state index >= 15 is 0 Å². The molecular formula is C14H19N3OS. The number of anilines is 1. The van der Waals surface area contributed by atoms with Crippen molar-refractivity contribution in [3.05, 3.63) is 16.0 Å². The molecule has 0 aromatic carbocycles. The van der Waals surface area contributed by atoms with Crippen molar-refractivity contribution in [1.82, 2.24) is 5.32 Å². The molecule has 1 heterocycles. The third-order valence-corrected chi connectivity index (χ3v) is 4.65. The van der Waals surface area contributed by atoms with Gasteiger partial charge in [0.15, 0.2) is 0 Å². The maximum Gasteiger partial charge on any atom is 0.226 e. The predicted octanol–water partition coefficient (Wildman–Crippen LogP) is 2.29. The number of fused-ring (bicyclic) bond motifs is 1. The molecule has 2 rings (SSSR count). The van der Waals surface area contributed by atoms with Crippen LogP contribution in [0.2, 0.25) is 0 Å². The third-order valence-electron chi connectivity index (χ3n) is 3.48. The molecule has 1 amide bonds. The number of nitrogens with zero attached hydrogens (tertiary/aromatic N) is 1. The van der Waals surface area contributed by atoms with E-state index in [1.165, 1.54) is 4.88 Å². The van der Waals surface area contributed by atoms with Gasteiger partial charge in [0, 0.05) is 17.8 Å². The molecule has 0 saturated carbocycles. The molecule has 102 valence electrons. The van der Waals surface area contributed by atoms with Crippen LogP contribution < -0.4 is 10.6 Å². The normalized spacial score (nSPS) is 17.6. The monoisotopic (exact) mass is 277 g/mol. The van der Waals surface area contributed by atoms with Crippen LogP contribution in [0.5, 0.6) is 0 Å². The van der Waals surface area contributed by atoms with E-state index in [1.807, 2.05) is 7.05 Å². The summed E-state index contributed by atoms with van der Waals surface area (Å²) in [6.07, 6.45) is 3.55. The van der Waals surface area contributed by atoms with Gasteiger partial charge in [-0.3, -0.25) is 4.79 Å². The highest BCUT2D eigenvalue weighted by Gasteiger charge is 2.24. The van der Waals surface area contributed by atoms with Crippen molar-refractivity contribution in [2.45, 2.75) is 32.6 Å². The Hall–Kier alpha value is -1.38. The number of carbonyl (C=O) groups excluding carboxylic acids is 1. The largest absolute Gasteiger partial charge is 0.319 e. The molecule has 0 saturated heterocycles. The number of amides is 1. The predicted molar refractivity (Wildman–Crippen MR) is 77.4 cm³/mol. The first-order chi connectivity index (χ1) is 9.15. The van der Waals surface area contributed by atoms with Gasteiger partial charge in [0.25, 0.3) is 0 Å². The summed E-state index contributed by atoms with van der Waals surface area (Å²) in [5, 5.41) is 15.9. The number of nitrogens with one attached hydrogen (secondary N) is 2. The Bertz CT molecular complexity index is 515. The van der Waals surface area contributed by atoms with Crippen LogP contribution in [0, 0.1) is 17.2 Å². The van der Waals surface area contributed by atoms with E-state index in [2.05, 4.69) is 23.6 Å². The Morgan fingerprint density at radius 1 is 1.58 bits per heavy atom. The maximum absolute atomic E-state index is 11.8. The van der Waals surface area contributed by atoms with Gasteiger partial charge in [-0.15, -0.1) is 11.3 Å². The van der Waals surface area contributed by atoms with Gasteiger partial charge in [-0.1, -0.05) is 6.92 Å². The second-order valence-electron chi connectivity index (χ2n) is 5.07. The molecule has 19 heavy (non-hydrogen) atoms. The Labute approximate surface area is 117 Å². The molecule has 0 radical (unpaired) electrons. The van der Waals surface area contributed by atoms with E-state index in [1.54, 1.807) is 11.3 Å². The Morgan fingerprint density at radius 3 is 3.05 bits per heavy atom. The molecular weight excluding hydrogens is 258 g/mol. The molecule has 0 aliphatic heterocycles. The molecule has 1 unspecified atom stereocenters. The van der Waals surface area contributed by atoms with Crippen LogP contribution in [0.15, 0.2) is 0 Å². The lowest BCUT2D eigenvalue weighted by molar-refractivity contribution is -0.116. The molecule has 1 aromatic heterocycles. The topological polar surface area (TPSA) is 64.9 Å². The van der Waals surface area contributed by atoms with E-state index in [0.29, 0.717) is 24.4 Å². The van der Waals surface area contributed by atoms with Gasteiger partial charge in [0.2, 0.25) is 5.91 Å². The van der Waals surface area contributed by atoms with Gasteiger partial charge >= 0.3 is 0 Å². The summed E-state index contributed by atoms with van der Waals surface area (Å²) in [5.41, 5.74) is 1.85. The standard InChI is InChI=1S/C14H19N3OS/c1-9-3-4-10-11(8-15)14(19-12(10)7-9)17-13(18)5-6-16-2/h9,16H,3-7H2,1-2H3,(H,17,18). The fraction of sp³-hybridized carbons (Fsp3) is 0.571. The summed E-state index contributed by atoms with van der Waals surface area (Å²) in [4.78, 5) is 13.0. The molecule has 5 heteroatoms. The van der Waals surface area contributed by atoms with Gasteiger partial charge < -0.3 is 10.6 Å². The van der Waals surface area contributed by atoms with Gasteiger partial charge in [-0.2, -0.15) is 5.26 Å². The molecule has 4 nitrogen and oxygen atoms in total. The number of hydrogen-bond acceptors (Lipinski definition) is 4. The van der Waals surface area contributed by atoms with Gasteiger partial charge in [-0.05, 0) is 37.8 Å². The zero-order valence-corrected chi connectivity index (χ0v) is 12.2. The fourth-order valence-electron chi connectivity index (χ4n) is 2.38. The molecule has 0 bridgehead atoms. The summed E-state index contributed by atoms with van der Waals surface area (Å²) >= 11 is 1.58. The SMILES string of the molecule is CNCCC(=O)Nc1sc2c(c1C#N)CCC(C)C2. The van der Waals surface area contributed by atoms with E-state index < -0.39 is 0 Å².